The van der Waals surface area contributed by atoms with Crippen LogP contribution in [0.3, 0.4) is 0 Å². The highest BCUT2D eigenvalue weighted by molar-refractivity contribution is 9.10. The molecule has 18 heavy (non-hydrogen) atoms. The molecule has 1 fully saturated rings. The van der Waals surface area contributed by atoms with Gasteiger partial charge in [0.05, 0.1) is 5.02 Å². The van der Waals surface area contributed by atoms with E-state index in [2.05, 4.69) is 31.9 Å². The molecule has 1 aromatic carbocycles. The van der Waals surface area contributed by atoms with Crippen LogP contribution in [-0.2, 0) is 0 Å². The van der Waals surface area contributed by atoms with Crippen LogP contribution in [0.15, 0.2) is 16.6 Å². The van der Waals surface area contributed by atoms with Crippen LogP contribution in [0.5, 0.6) is 0 Å². The van der Waals surface area contributed by atoms with Gasteiger partial charge >= 0.3 is 0 Å². The van der Waals surface area contributed by atoms with Gasteiger partial charge in [0.15, 0.2) is 0 Å². The molecule has 1 aliphatic carbocycles. The van der Waals surface area contributed by atoms with E-state index >= 15 is 0 Å². The van der Waals surface area contributed by atoms with E-state index in [1.807, 2.05) is 0 Å². The monoisotopic (exact) mass is 396 g/mol. The Labute approximate surface area is 130 Å². The molecule has 100 valence electrons. The Morgan fingerprint density at radius 3 is 2.67 bits per heavy atom. The first-order valence-corrected chi connectivity index (χ1v) is 8.45. The first-order chi connectivity index (χ1) is 8.58. The third-order valence-electron chi connectivity index (χ3n) is 3.68. The zero-order chi connectivity index (χ0) is 13.1. The van der Waals surface area contributed by atoms with Crippen LogP contribution in [-0.4, -0.2) is 0 Å². The van der Waals surface area contributed by atoms with Crippen molar-refractivity contribution in [2.45, 2.75) is 43.4 Å². The topological polar surface area (TPSA) is 0 Å². The van der Waals surface area contributed by atoms with Gasteiger partial charge in [-0.05, 0) is 46.8 Å². The summed E-state index contributed by atoms with van der Waals surface area (Å²) >= 11 is 12.8. The van der Waals surface area contributed by atoms with Crippen molar-refractivity contribution in [2.75, 3.05) is 0 Å². The molecule has 4 heteroatoms. The van der Waals surface area contributed by atoms with Gasteiger partial charge in [0.2, 0.25) is 0 Å². The summed E-state index contributed by atoms with van der Waals surface area (Å²) in [5.41, 5.74) is 0.668. The smallest absolute Gasteiger partial charge is 0.128 e. The Bertz CT molecular complexity index is 417. The quantitative estimate of drug-likeness (QED) is 0.393. The van der Waals surface area contributed by atoms with E-state index in [0.717, 1.165) is 12.3 Å². The van der Waals surface area contributed by atoms with Crippen molar-refractivity contribution in [3.05, 3.63) is 33.0 Å². The molecule has 0 spiro atoms. The number of rotatable bonds is 4. The summed E-state index contributed by atoms with van der Waals surface area (Å²) in [4.78, 5) is 0.0590. The lowest BCUT2D eigenvalue weighted by atomic mass is 9.98. The lowest BCUT2D eigenvalue weighted by molar-refractivity contribution is 0.478. The summed E-state index contributed by atoms with van der Waals surface area (Å²) < 4.78 is 14.5. The van der Waals surface area contributed by atoms with Gasteiger partial charge in [-0.25, -0.2) is 4.39 Å². The number of hydrogen-bond acceptors (Lipinski definition) is 0. The highest BCUT2D eigenvalue weighted by Crippen LogP contribution is 2.37. The second kappa shape index (κ2) is 6.71. The second-order valence-corrected chi connectivity index (χ2v) is 7.35. The van der Waals surface area contributed by atoms with Gasteiger partial charge in [-0.3, -0.25) is 0 Å². The predicted octanol–water partition coefficient (Wildman–Crippen LogP) is 6.65. The molecule has 0 radical (unpaired) electrons. The van der Waals surface area contributed by atoms with Crippen molar-refractivity contribution in [3.63, 3.8) is 0 Å². The zero-order valence-electron chi connectivity index (χ0n) is 10.1. The molecule has 1 saturated carbocycles. The fraction of sp³-hybridized carbons (Fsp3) is 0.571. The Morgan fingerprint density at radius 2 is 2.00 bits per heavy atom. The van der Waals surface area contributed by atoms with Crippen molar-refractivity contribution in [3.8, 4) is 0 Å². The third-order valence-corrected chi connectivity index (χ3v) is 5.83. The zero-order valence-corrected chi connectivity index (χ0v) is 14.0. The summed E-state index contributed by atoms with van der Waals surface area (Å²) in [5, 5.41) is 0.566. The van der Waals surface area contributed by atoms with Crippen LogP contribution in [0.25, 0.3) is 0 Å². The van der Waals surface area contributed by atoms with Crippen LogP contribution in [0.4, 0.5) is 4.39 Å². The van der Waals surface area contributed by atoms with Crippen LogP contribution in [0.1, 0.15) is 48.9 Å². The molecular formula is C14H16Br2ClF. The largest absolute Gasteiger partial charge is 0.207 e. The van der Waals surface area contributed by atoms with E-state index < -0.39 is 0 Å². The molecule has 0 nitrogen and oxygen atoms in total. The van der Waals surface area contributed by atoms with Crippen molar-refractivity contribution < 1.29 is 4.39 Å². The molecule has 2 rings (SSSR count). The average Bonchev–Trinajstić information content (AvgIpc) is 2.84. The van der Waals surface area contributed by atoms with Crippen LogP contribution in [0, 0.1) is 11.7 Å². The van der Waals surface area contributed by atoms with Crippen LogP contribution >= 0.6 is 43.5 Å². The van der Waals surface area contributed by atoms with Crippen molar-refractivity contribution in [1.29, 1.82) is 0 Å². The molecule has 0 aromatic heterocycles. The maximum absolute atomic E-state index is 13.9. The molecule has 1 aromatic rings. The lowest BCUT2D eigenvalue weighted by Gasteiger charge is -2.15. The van der Waals surface area contributed by atoms with E-state index in [4.69, 9.17) is 11.6 Å². The predicted molar refractivity (Wildman–Crippen MR) is 82.0 cm³/mol. The van der Waals surface area contributed by atoms with E-state index in [-0.39, 0.29) is 10.6 Å². The Balaban J connectivity index is 1.99. The van der Waals surface area contributed by atoms with Gasteiger partial charge < -0.3 is 0 Å². The van der Waals surface area contributed by atoms with E-state index in [9.17, 15) is 4.39 Å². The molecule has 1 aliphatic rings. The fourth-order valence-electron chi connectivity index (χ4n) is 2.61. The van der Waals surface area contributed by atoms with Crippen LogP contribution < -0.4 is 0 Å². The third kappa shape index (κ3) is 3.71. The number of hydrogen-bond donors (Lipinski definition) is 0. The Kier molecular flexibility index (Phi) is 5.52. The molecule has 1 unspecified atom stereocenters. The molecule has 0 heterocycles. The van der Waals surface area contributed by atoms with Gasteiger partial charge in [0, 0.05) is 14.9 Å². The molecule has 0 aliphatic heterocycles. The van der Waals surface area contributed by atoms with Crippen LogP contribution in [0.2, 0.25) is 5.02 Å². The van der Waals surface area contributed by atoms with E-state index in [1.54, 1.807) is 6.07 Å². The highest BCUT2D eigenvalue weighted by atomic mass is 79.9. The lowest BCUT2D eigenvalue weighted by Crippen LogP contribution is -1.99. The summed E-state index contributed by atoms with van der Waals surface area (Å²) in [6.45, 7) is 0. The van der Waals surface area contributed by atoms with Crippen molar-refractivity contribution in [1.82, 2.24) is 0 Å². The van der Waals surface area contributed by atoms with Gasteiger partial charge in [-0.15, -0.1) is 0 Å². The molecular weight excluding hydrogens is 382 g/mol. The summed E-state index contributed by atoms with van der Waals surface area (Å²) in [6, 6.07) is 3.16. The number of alkyl halides is 1. The molecule has 0 N–H and O–H groups in total. The van der Waals surface area contributed by atoms with E-state index in [0.29, 0.717) is 15.1 Å². The first kappa shape index (κ1) is 14.8. The molecule has 1 atom stereocenters. The summed E-state index contributed by atoms with van der Waals surface area (Å²) in [7, 11) is 0. The minimum atomic E-state index is -0.195. The first-order valence-electron chi connectivity index (χ1n) is 6.36. The van der Waals surface area contributed by atoms with Crippen molar-refractivity contribution >= 4 is 43.5 Å². The maximum Gasteiger partial charge on any atom is 0.128 e. The normalized spacial score (nSPS) is 18.2. The SMILES string of the molecule is Fc1cc(Br)c(Cl)cc1C(Br)CCC1CCCC1. The Morgan fingerprint density at radius 1 is 1.33 bits per heavy atom. The fourth-order valence-corrected chi connectivity index (χ4v) is 3.72. The minimum absolute atomic E-state index is 0.0590. The summed E-state index contributed by atoms with van der Waals surface area (Å²) in [5.74, 6) is 0.638. The number of benzene rings is 1. The molecule has 0 saturated heterocycles. The van der Waals surface area contributed by atoms with Gasteiger partial charge in [0.1, 0.15) is 5.82 Å². The maximum atomic E-state index is 13.9. The second-order valence-electron chi connectivity index (χ2n) is 4.98. The number of halogens is 4. The van der Waals surface area contributed by atoms with Crippen molar-refractivity contribution in [2.24, 2.45) is 5.92 Å². The van der Waals surface area contributed by atoms with Gasteiger partial charge in [-0.2, -0.15) is 0 Å². The van der Waals surface area contributed by atoms with E-state index in [1.165, 1.54) is 38.2 Å². The standard InChI is InChI=1S/C14H16Br2ClF/c15-11(6-5-9-3-1-2-4-9)10-7-13(17)12(16)8-14(10)18/h7-9,11H,1-6H2. The Hall–Kier alpha value is 0.400. The minimum Gasteiger partial charge on any atom is -0.207 e. The molecule has 0 bridgehead atoms. The highest BCUT2D eigenvalue weighted by Gasteiger charge is 2.19. The van der Waals surface area contributed by atoms with Gasteiger partial charge in [0.25, 0.3) is 0 Å². The average molecular weight is 399 g/mol. The van der Waals surface area contributed by atoms with Gasteiger partial charge in [-0.1, -0.05) is 53.2 Å². The summed E-state index contributed by atoms with van der Waals surface area (Å²) in [6.07, 6.45) is 7.53. The molecule has 0 amide bonds.